The van der Waals surface area contributed by atoms with Gasteiger partial charge in [0.2, 0.25) is 0 Å². The normalized spacial score (nSPS) is 18.8. The third kappa shape index (κ3) is 7.30. The number of carbonyl (C=O) groups excluding carboxylic acids is 1. The minimum Gasteiger partial charge on any atom is -0.465 e. The Morgan fingerprint density at radius 2 is 1.70 bits per heavy atom. The Morgan fingerprint density at radius 3 is 2.27 bits per heavy atom. The van der Waals surface area contributed by atoms with Gasteiger partial charge >= 0.3 is 18.2 Å². The van der Waals surface area contributed by atoms with E-state index < -0.39 is 28.8 Å². The number of rotatable bonds is 7. The number of hydrogen-bond donors (Lipinski definition) is 2. The Kier molecular flexibility index (Phi) is 8.41. The highest BCUT2D eigenvalue weighted by Gasteiger charge is 2.44. The first-order chi connectivity index (χ1) is 17.0. The monoisotopic (exact) mass is 527 g/mol. The van der Waals surface area contributed by atoms with Crippen LogP contribution in [0.25, 0.3) is 0 Å². The predicted molar refractivity (Wildman–Crippen MR) is 135 cm³/mol. The van der Waals surface area contributed by atoms with E-state index >= 15 is 0 Å². The van der Waals surface area contributed by atoms with E-state index in [1.807, 2.05) is 0 Å². The van der Waals surface area contributed by atoms with Crippen LogP contribution in [0.4, 0.5) is 23.7 Å². The quantitative estimate of drug-likeness (QED) is 0.425. The minimum absolute atomic E-state index is 0.134. The molecule has 0 radical (unpaired) electrons. The Balaban J connectivity index is 1.75. The van der Waals surface area contributed by atoms with Crippen LogP contribution >= 0.6 is 0 Å². The van der Waals surface area contributed by atoms with E-state index in [0.717, 1.165) is 37.1 Å². The van der Waals surface area contributed by atoms with Gasteiger partial charge in [-0.15, -0.1) is 0 Å². The summed E-state index contributed by atoms with van der Waals surface area (Å²) < 4.78 is 46.0. The molecule has 0 bridgehead atoms. The summed E-state index contributed by atoms with van der Waals surface area (Å²) in [5.41, 5.74) is -1.13. The average molecular weight is 528 g/mol. The number of benzene rings is 1. The topological polar surface area (TPSA) is 82.1 Å². The fourth-order valence-electron chi connectivity index (χ4n) is 5.21. The van der Waals surface area contributed by atoms with Gasteiger partial charge in [-0.2, -0.15) is 13.2 Å². The molecule has 1 amide bonds. The number of halogens is 3. The molecule has 0 saturated carbocycles. The molecule has 3 rings (SSSR count). The highest BCUT2D eigenvalue weighted by atomic mass is 19.4. The van der Waals surface area contributed by atoms with Crippen molar-refractivity contribution in [2.75, 3.05) is 31.5 Å². The predicted octanol–water partition coefficient (Wildman–Crippen LogP) is 5.98. The average Bonchev–Trinajstić information content (AvgIpc) is 3.14. The van der Waals surface area contributed by atoms with Gasteiger partial charge in [0.15, 0.2) is 0 Å². The van der Waals surface area contributed by atoms with Crippen molar-refractivity contribution in [3.63, 3.8) is 0 Å². The van der Waals surface area contributed by atoms with Crippen molar-refractivity contribution in [2.24, 2.45) is 5.41 Å². The second-order valence-electron chi connectivity index (χ2n) is 12.0. The molecule has 0 aliphatic carbocycles. The maximum Gasteiger partial charge on any atom is 0.416 e. The van der Waals surface area contributed by atoms with Crippen molar-refractivity contribution in [1.29, 1.82) is 0 Å². The highest BCUT2D eigenvalue weighted by molar-refractivity contribution is 5.76. The van der Waals surface area contributed by atoms with E-state index in [-0.39, 0.29) is 11.5 Å². The fourth-order valence-corrected chi connectivity index (χ4v) is 5.21. The zero-order valence-electron chi connectivity index (χ0n) is 22.5. The fraction of sp³-hybridized carbons (Fsp3) is 0.704. The van der Waals surface area contributed by atoms with E-state index in [9.17, 15) is 27.9 Å². The molecule has 37 heavy (non-hydrogen) atoms. The molecule has 208 valence electrons. The van der Waals surface area contributed by atoms with Crippen molar-refractivity contribution < 1.29 is 32.6 Å². The minimum atomic E-state index is -4.47. The second-order valence-corrected chi connectivity index (χ2v) is 12.0. The largest absolute Gasteiger partial charge is 0.465 e. The van der Waals surface area contributed by atoms with E-state index in [4.69, 9.17) is 4.74 Å². The van der Waals surface area contributed by atoms with E-state index in [1.165, 1.54) is 11.0 Å². The summed E-state index contributed by atoms with van der Waals surface area (Å²) >= 11 is 0. The number of nitrogens with one attached hydrogen (secondary N) is 1. The number of hydrogen-bond acceptors (Lipinski definition) is 5. The molecule has 2 heterocycles. The highest BCUT2D eigenvalue weighted by Crippen LogP contribution is 2.41. The van der Waals surface area contributed by atoms with Crippen LogP contribution in [0.1, 0.15) is 77.8 Å². The molecule has 0 unspecified atom stereocenters. The molecular formula is C27H40F3N3O4. The number of alkyl halides is 3. The first-order valence-electron chi connectivity index (χ1n) is 12.9. The third-order valence-corrected chi connectivity index (χ3v) is 7.52. The molecule has 1 aromatic carbocycles. The molecule has 2 N–H and O–H groups in total. The zero-order chi connectivity index (χ0) is 27.6. The summed E-state index contributed by atoms with van der Waals surface area (Å²) in [6.07, 6.45) is -1.64. The maximum absolute atomic E-state index is 13.5. The van der Waals surface area contributed by atoms with Crippen LogP contribution in [0.3, 0.4) is 0 Å². The summed E-state index contributed by atoms with van der Waals surface area (Å²) in [5.74, 6) is -0.349. The molecule has 2 fully saturated rings. The van der Waals surface area contributed by atoms with Crippen LogP contribution in [0.15, 0.2) is 18.2 Å². The lowest BCUT2D eigenvalue weighted by Gasteiger charge is -2.44. The van der Waals surface area contributed by atoms with Gasteiger partial charge in [0.05, 0.1) is 11.0 Å². The summed E-state index contributed by atoms with van der Waals surface area (Å²) in [4.78, 5) is 27.7. The lowest BCUT2D eigenvalue weighted by molar-refractivity contribution is -0.165. The van der Waals surface area contributed by atoms with Crippen LogP contribution in [-0.4, -0.2) is 64.3 Å². The number of anilines is 1. The van der Waals surface area contributed by atoms with Crippen molar-refractivity contribution >= 4 is 17.7 Å². The van der Waals surface area contributed by atoms with Crippen LogP contribution < -0.4 is 5.32 Å². The van der Waals surface area contributed by atoms with Gasteiger partial charge in [-0.25, -0.2) is 4.79 Å². The molecule has 1 spiro atoms. The number of carboxylic acid groups (broad SMARTS) is 1. The Labute approximate surface area is 217 Å². The molecule has 2 saturated heterocycles. The molecular weight excluding hydrogens is 487 g/mol. The third-order valence-electron chi connectivity index (χ3n) is 7.52. The molecule has 1 aromatic rings. The number of likely N-dealkylation sites (tertiary alicyclic amines) is 2. The molecule has 2 aliphatic heterocycles. The summed E-state index contributed by atoms with van der Waals surface area (Å²) in [5, 5.41) is 12.5. The first kappa shape index (κ1) is 29.1. The van der Waals surface area contributed by atoms with Crippen LogP contribution in [0.5, 0.6) is 0 Å². The first-order valence-corrected chi connectivity index (χ1v) is 12.9. The second kappa shape index (κ2) is 10.7. The van der Waals surface area contributed by atoms with Gasteiger partial charge in [-0.05, 0) is 91.0 Å². The van der Waals surface area contributed by atoms with Gasteiger partial charge in [0, 0.05) is 37.4 Å². The summed E-state index contributed by atoms with van der Waals surface area (Å²) in [6.45, 7) is 11.5. The lowest BCUT2D eigenvalue weighted by atomic mass is 9.84. The van der Waals surface area contributed by atoms with Gasteiger partial charge < -0.3 is 20.1 Å². The Hall–Kier alpha value is -2.49. The standard InChI is InChI=1S/C27H40F3N3O4/c1-24(2,3)37-22(34)25(4,5)10-13-31-21-17-20(27(28,29)30)8-7-19(21)18-33-14-6-9-26(33)11-15-32(16-12-26)23(35)36/h7-8,17,31H,6,9-16,18H2,1-5H3,(H,35,36). The van der Waals surface area contributed by atoms with Crippen molar-refractivity contribution in [3.8, 4) is 0 Å². The van der Waals surface area contributed by atoms with Crippen molar-refractivity contribution in [3.05, 3.63) is 29.3 Å². The van der Waals surface area contributed by atoms with Gasteiger partial charge in [-0.3, -0.25) is 9.69 Å². The van der Waals surface area contributed by atoms with Gasteiger partial charge in [0.1, 0.15) is 5.60 Å². The van der Waals surface area contributed by atoms with Crippen molar-refractivity contribution in [2.45, 2.75) is 90.6 Å². The lowest BCUT2D eigenvalue weighted by Crippen LogP contribution is -2.52. The van der Waals surface area contributed by atoms with Gasteiger partial charge in [-0.1, -0.05) is 6.07 Å². The SMILES string of the molecule is CC(C)(C)OC(=O)C(C)(C)CCNc1cc(C(F)(F)F)ccc1CN1CCCC12CCN(C(=O)O)CC2. The molecule has 0 atom stereocenters. The molecule has 2 aliphatic rings. The zero-order valence-corrected chi connectivity index (χ0v) is 22.5. The smallest absolute Gasteiger partial charge is 0.416 e. The summed E-state index contributed by atoms with van der Waals surface area (Å²) in [7, 11) is 0. The Bertz CT molecular complexity index is 980. The molecule has 7 nitrogen and oxygen atoms in total. The Morgan fingerprint density at radius 1 is 1.05 bits per heavy atom. The number of nitrogens with zero attached hydrogens (tertiary/aromatic N) is 2. The van der Waals surface area contributed by atoms with Crippen molar-refractivity contribution in [1.82, 2.24) is 9.80 Å². The number of esters is 1. The number of amides is 1. The molecule has 10 heteroatoms. The number of carbonyl (C=O) groups is 2. The number of ether oxygens (including phenoxy) is 1. The summed E-state index contributed by atoms with van der Waals surface area (Å²) in [6, 6.07) is 3.79. The maximum atomic E-state index is 13.5. The van der Waals surface area contributed by atoms with E-state index in [1.54, 1.807) is 34.6 Å². The van der Waals surface area contributed by atoms with E-state index in [0.29, 0.717) is 51.1 Å². The van der Waals surface area contributed by atoms with Crippen LogP contribution in [-0.2, 0) is 22.3 Å². The van der Waals surface area contributed by atoms with E-state index in [2.05, 4.69) is 10.2 Å². The van der Waals surface area contributed by atoms with Crippen LogP contribution in [0, 0.1) is 5.41 Å². The van der Waals surface area contributed by atoms with Crippen LogP contribution in [0.2, 0.25) is 0 Å². The molecule has 0 aromatic heterocycles. The number of piperidine rings is 1. The van der Waals surface area contributed by atoms with Gasteiger partial charge in [0.25, 0.3) is 0 Å².